The Hall–Kier alpha value is -0.340. The van der Waals surface area contributed by atoms with Gasteiger partial charge in [-0.1, -0.05) is 11.6 Å². The van der Waals surface area contributed by atoms with Crippen molar-refractivity contribution in [2.75, 3.05) is 0 Å². The van der Waals surface area contributed by atoms with Crippen LogP contribution >= 0.6 is 23.2 Å². The number of halogens is 3. The maximum absolute atomic E-state index is 12.8. The van der Waals surface area contributed by atoms with E-state index in [9.17, 15) is 4.39 Å². The maximum Gasteiger partial charge on any atom is 0.144 e. The normalized spacial score (nSPS) is 10.2. The third-order valence-electron chi connectivity index (χ3n) is 1.32. The minimum Gasteiger partial charge on any atom is -0.238 e. The molecule has 0 atom stereocenters. The Morgan fingerprint density at radius 3 is 2.82 bits per heavy atom. The molecule has 11 heavy (non-hydrogen) atoms. The molecule has 60 valence electrons. The smallest absolute Gasteiger partial charge is 0.144 e. The Labute approximate surface area is 74.2 Å². The summed E-state index contributed by atoms with van der Waals surface area (Å²) in [5, 5.41) is 0.277. The summed E-state index contributed by atoms with van der Waals surface area (Å²) in [6, 6.07) is 1.30. The van der Waals surface area contributed by atoms with Gasteiger partial charge in [-0.15, -0.1) is 11.6 Å². The van der Waals surface area contributed by atoms with Gasteiger partial charge in [0.05, 0.1) is 11.6 Å². The molecule has 0 amide bonds. The molecule has 1 aromatic heterocycles. The zero-order chi connectivity index (χ0) is 8.43. The fourth-order valence-electron chi connectivity index (χ4n) is 0.683. The van der Waals surface area contributed by atoms with Gasteiger partial charge in [0.1, 0.15) is 11.0 Å². The summed E-state index contributed by atoms with van der Waals surface area (Å²) in [6.07, 6.45) is 0. The van der Waals surface area contributed by atoms with Gasteiger partial charge in [0, 0.05) is 5.56 Å². The van der Waals surface area contributed by atoms with Crippen LogP contribution in [-0.2, 0) is 5.88 Å². The van der Waals surface area contributed by atoms with E-state index in [0.29, 0.717) is 11.3 Å². The van der Waals surface area contributed by atoms with Gasteiger partial charge >= 0.3 is 0 Å². The first-order chi connectivity index (χ1) is 5.15. The minimum atomic E-state index is -0.370. The number of hydrogen-bond acceptors (Lipinski definition) is 1. The molecule has 1 rings (SSSR count). The van der Waals surface area contributed by atoms with E-state index in [4.69, 9.17) is 23.2 Å². The molecule has 0 saturated carbocycles. The lowest BCUT2D eigenvalue weighted by Crippen LogP contribution is -1.92. The summed E-state index contributed by atoms with van der Waals surface area (Å²) >= 11 is 11.1. The Morgan fingerprint density at radius 2 is 2.27 bits per heavy atom. The number of nitrogens with zero attached hydrogens (tertiary/aromatic N) is 1. The van der Waals surface area contributed by atoms with E-state index in [2.05, 4.69) is 4.98 Å². The zero-order valence-electron chi connectivity index (χ0n) is 5.87. The quantitative estimate of drug-likeness (QED) is 0.494. The Balaban J connectivity index is 3.21. The van der Waals surface area contributed by atoms with E-state index in [1.165, 1.54) is 6.07 Å². The molecule has 1 aromatic rings. The van der Waals surface area contributed by atoms with Gasteiger partial charge in [-0.25, -0.2) is 9.37 Å². The van der Waals surface area contributed by atoms with Crippen molar-refractivity contribution in [1.82, 2.24) is 4.98 Å². The highest BCUT2D eigenvalue weighted by molar-refractivity contribution is 6.31. The van der Waals surface area contributed by atoms with E-state index >= 15 is 0 Å². The van der Waals surface area contributed by atoms with Gasteiger partial charge in [-0.05, 0) is 13.0 Å². The van der Waals surface area contributed by atoms with Gasteiger partial charge in [0.15, 0.2) is 0 Å². The van der Waals surface area contributed by atoms with Crippen LogP contribution in [0.1, 0.15) is 11.3 Å². The summed E-state index contributed by atoms with van der Waals surface area (Å²) in [5.74, 6) is -0.187. The molecule has 1 heterocycles. The minimum absolute atomic E-state index is 0.184. The third kappa shape index (κ3) is 1.82. The maximum atomic E-state index is 12.8. The standard InChI is InChI=1S/C7H6Cl2FN/c1-4-6(10)2-5(3-8)7(9)11-4/h2H,3H2,1H3. The summed E-state index contributed by atoms with van der Waals surface area (Å²) in [5.41, 5.74) is 0.820. The first-order valence-electron chi connectivity index (χ1n) is 3.02. The predicted octanol–water partition coefficient (Wildman–Crippen LogP) is 2.92. The van der Waals surface area contributed by atoms with Crippen LogP contribution in [-0.4, -0.2) is 4.98 Å². The lowest BCUT2D eigenvalue weighted by molar-refractivity contribution is 0.608. The van der Waals surface area contributed by atoms with Crippen molar-refractivity contribution in [3.63, 3.8) is 0 Å². The molecule has 0 saturated heterocycles. The molecule has 0 spiro atoms. The van der Waals surface area contributed by atoms with E-state index in [-0.39, 0.29) is 16.9 Å². The Morgan fingerprint density at radius 1 is 1.64 bits per heavy atom. The summed E-state index contributed by atoms with van der Waals surface area (Å²) in [6.45, 7) is 1.55. The van der Waals surface area contributed by atoms with Gasteiger partial charge in [-0.3, -0.25) is 0 Å². The molecule has 0 aliphatic rings. The van der Waals surface area contributed by atoms with Gasteiger partial charge in [0.2, 0.25) is 0 Å². The number of pyridine rings is 1. The van der Waals surface area contributed by atoms with Crippen LogP contribution in [0.15, 0.2) is 6.07 Å². The zero-order valence-corrected chi connectivity index (χ0v) is 7.38. The molecule has 0 aliphatic heterocycles. The molecule has 0 radical (unpaired) electrons. The summed E-state index contributed by atoms with van der Waals surface area (Å²) in [7, 11) is 0. The molecule has 0 fully saturated rings. The number of alkyl halides is 1. The highest BCUT2D eigenvalue weighted by Gasteiger charge is 2.05. The van der Waals surface area contributed by atoms with Crippen molar-refractivity contribution in [2.24, 2.45) is 0 Å². The second kappa shape index (κ2) is 3.37. The molecule has 0 aliphatic carbocycles. The van der Waals surface area contributed by atoms with Crippen LogP contribution in [0, 0.1) is 12.7 Å². The van der Waals surface area contributed by atoms with Gasteiger partial charge < -0.3 is 0 Å². The highest BCUT2D eigenvalue weighted by atomic mass is 35.5. The van der Waals surface area contributed by atoms with E-state index in [1.807, 2.05) is 0 Å². The average molecular weight is 194 g/mol. The van der Waals surface area contributed by atoms with E-state index < -0.39 is 0 Å². The van der Waals surface area contributed by atoms with Crippen LogP contribution in [0.2, 0.25) is 5.15 Å². The predicted molar refractivity (Wildman–Crippen MR) is 43.5 cm³/mol. The molecule has 0 N–H and O–H groups in total. The second-order valence-corrected chi connectivity index (χ2v) is 2.76. The Bertz CT molecular complexity index is 275. The largest absolute Gasteiger partial charge is 0.238 e. The molecule has 0 aromatic carbocycles. The Kier molecular flexibility index (Phi) is 2.68. The SMILES string of the molecule is Cc1nc(Cl)c(CCl)cc1F. The summed E-state index contributed by atoms with van der Waals surface area (Å²) in [4.78, 5) is 3.75. The van der Waals surface area contributed by atoms with E-state index in [1.54, 1.807) is 6.92 Å². The number of aryl methyl sites for hydroxylation is 1. The molecular weight excluding hydrogens is 188 g/mol. The number of hydrogen-bond donors (Lipinski definition) is 0. The average Bonchev–Trinajstić information content (AvgIpc) is 1.97. The van der Waals surface area contributed by atoms with Crippen LogP contribution in [0.4, 0.5) is 4.39 Å². The highest BCUT2D eigenvalue weighted by Crippen LogP contribution is 2.17. The first-order valence-corrected chi connectivity index (χ1v) is 3.94. The fourth-order valence-corrected chi connectivity index (χ4v) is 1.20. The van der Waals surface area contributed by atoms with Crippen LogP contribution < -0.4 is 0 Å². The van der Waals surface area contributed by atoms with Crippen molar-refractivity contribution >= 4 is 23.2 Å². The second-order valence-electron chi connectivity index (χ2n) is 2.14. The number of rotatable bonds is 1. The topological polar surface area (TPSA) is 12.9 Å². The monoisotopic (exact) mass is 193 g/mol. The molecule has 0 unspecified atom stereocenters. The summed E-state index contributed by atoms with van der Waals surface area (Å²) < 4.78 is 12.8. The van der Waals surface area contributed by atoms with Crippen molar-refractivity contribution in [3.8, 4) is 0 Å². The molecule has 1 nitrogen and oxygen atoms in total. The van der Waals surface area contributed by atoms with Gasteiger partial charge in [0.25, 0.3) is 0 Å². The van der Waals surface area contributed by atoms with Crippen molar-refractivity contribution < 1.29 is 4.39 Å². The lowest BCUT2D eigenvalue weighted by atomic mass is 10.3. The van der Waals surface area contributed by atoms with Crippen LogP contribution in [0.5, 0.6) is 0 Å². The molecule has 0 bridgehead atoms. The van der Waals surface area contributed by atoms with Crippen molar-refractivity contribution in [2.45, 2.75) is 12.8 Å². The van der Waals surface area contributed by atoms with Crippen LogP contribution in [0.25, 0.3) is 0 Å². The molecular formula is C7H6Cl2FN. The van der Waals surface area contributed by atoms with Gasteiger partial charge in [-0.2, -0.15) is 0 Å². The first kappa shape index (κ1) is 8.75. The van der Waals surface area contributed by atoms with Crippen molar-refractivity contribution in [1.29, 1.82) is 0 Å². The fraction of sp³-hybridized carbons (Fsp3) is 0.286. The molecule has 4 heteroatoms. The van der Waals surface area contributed by atoms with E-state index in [0.717, 1.165) is 0 Å². The third-order valence-corrected chi connectivity index (χ3v) is 1.94. The number of aromatic nitrogens is 1. The lowest BCUT2D eigenvalue weighted by Gasteiger charge is -2.00. The van der Waals surface area contributed by atoms with Crippen molar-refractivity contribution in [3.05, 3.63) is 28.3 Å². The van der Waals surface area contributed by atoms with Crippen LogP contribution in [0.3, 0.4) is 0 Å².